The van der Waals surface area contributed by atoms with Gasteiger partial charge in [0.05, 0.1) is 17.0 Å². The molecule has 7 nitrogen and oxygen atoms in total. The van der Waals surface area contributed by atoms with Crippen LogP contribution in [0.5, 0.6) is 0 Å². The summed E-state index contributed by atoms with van der Waals surface area (Å²) in [7, 11) is -3.94. The first-order valence-corrected chi connectivity index (χ1v) is 13.4. The Bertz CT molecular complexity index is 1210. The molecule has 2 atom stereocenters. The quantitative estimate of drug-likeness (QED) is 0.388. The zero-order chi connectivity index (χ0) is 24.7. The summed E-state index contributed by atoms with van der Waals surface area (Å²) in [6, 6.07) is 16.4. The van der Waals surface area contributed by atoms with Gasteiger partial charge in [-0.3, -0.25) is 9.59 Å². The van der Waals surface area contributed by atoms with Crippen molar-refractivity contribution < 1.29 is 18.0 Å². The van der Waals surface area contributed by atoms with Crippen molar-refractivity contribution in [3.05, 3.63) is 82.0 Å². The maximum Gasteiger partial charge on any atom is 0.241 e. The average molecular weight is 500 g/mol. The van der Waals surface area contributed by atoms with Gasteiger partial charge in [0.15, 0.2) is 0 Å². The van der Waals surface area contributed by atoms with E-state index in [1.165, 1.54) is 55.0 Å². The lowest BCUT2D eigenvalue weighted by Crippen LogP contribution is -2.45. The first-order chi connectivity index (χ1) is 16.2. The Morgan fingerprint density at radius 1 is 1.00 bits per heavy atom. The first-order valence-electron chi connectivity index (χ1n) is 11.0. The molecule has 3 rings (SSSR count). The fraction of sp³-hybridized carbons (Fsp3) is 0.280. The summed E-state index contributed by atoms with van der Waals surface area (Å²) in [4.78, 5) is 25.1. The molecule has 180 valence electrons. The van der Waals surface area contributed by atoms with E-state index in [1.807, 2.05) is 29.6 Å². The maximum absolute atomic E-state index is 13.0. The number of sulfonamides is 1. The van der Waals surface area contributed by atoms with E-state index in [0.29, 0.717) is 5.69 Å². The van der Waals surface area contributed by atoms with Gasteiger partial charge >= 0.3 is 0 Å². The number of anilines is 1. The highest BCUT2D eigenvalue weighted by atomic mass is 32.2. The molecule has 0 saturated carbocycles. The molecule has 0 aliphatic rings. The van der Waals surface area contributed by atoms with Crippen LogP contribution in [0.15, 0.2) is 70.9 Å². The molecule has 9 heteroatoms. The number of carbonyl (C=O) groups excluding carboxylic acids is 2. The summed E-state index contributed by atoms with van der Waals surface area (Å²) in [6.45, 7) is 5.01. The number of hydrogen-bond acceptors (Lipinski definition) is 5. The molecule has 0 bridgehead atoms. The van der Waals surface area contributed by atoms with Gasteiger partial charge in [-0.05, 0) is 60.2 Å². The Morgan fingerprint density at radius 3 is 2.24 bits per heavy atom. The molecular formula is C25H29N3O4S2. The second kappa shape index (κ2) is 11.4. The number of nitrogens with one attached hydrogen (secondary N) is 3. The van der Waals surface area contributed by atoms with Crippen LogP contribution in [0.4, 0.5) is 5.69 Å². The highest BCUT2D eigenvalue weighted by Gasteiger charge is 2.25. The monoisotopic (exact) mass is 499 g/mol. The Morgan fingerprint density at radius 2 is 1.68 bits per heavy atom. The lowest BCUT2D eigenvalue weighted by atomic mass is 10.0. The molecule has 1 unspecified atom stereocenters. The Labute approximate surface area is 204 Å². The molecule has 0 radical (unpaired) electrons. The zero-order valence-corrected chi connectivity index (χ0v) is 21.0. The summed E-state index contributed by atoms with van der Waals surface area (Å²) in [5.74, 6) is -0.686. The number of benzene rings is 2. The highest BCUT2D eigenvalue weighted by molar-refractivity contribution is 7.89. The lowest BCUT2D eigenvalue weighted by Gasteiger charge is -2.21. The fourth-order valence-electron chi connectivity index (χ4n) is 3.48. The summed E-state index contributed by atoms with van der Waals surface area (Å²) in [5, 5.41) is 7.52. The minimum Gasteiger partial charge on any atom is -0.343 e. The van der Waals surface area contributed by atoms with E-state index < -0.39 is 22.0 Å². The predicted octanol–water partition coefficient (Wildman–Crippen LogP) is 4.23. The van der Waals surface area contributed by atoms with Crippen molar-refractivity contribution >= 4 is 38.9 Å². The van der Waals surface area contributed by atoms with E-state index in [9.17, 15) is 18.0 Å². The van der Waals surface area contributed by atoms with Gasteiger partial charge in [0, 0.05) is 17.5 Å². The molecule has 2 amide bonds. The number of rotatable bonds is 10. The van der Waals surface area contributed by atoms with E-state index in [0.717, 1.165) is 23.3 Å². The van der Waals surface area contributed by atoms with Gasteiger partial charge in [0.25, 0.3) is 0 Å². The normalized spacial score (nSPS) is 13.1. The third kappa shape index (κ3) is 6.75. The number of aryl methyl sites for hydroxylation is 1. The van der Waals surface area contributed by atoms with E-state index in [2.05, 4.69) is 34.4 Å². The van der Waals surface area contributed by atoms with Gasteiger partial charge in [-0.15, -0.1) is 11.3 Å². The fourth-order valence-corrected chi connectivity index (χ4v) is 5.49. The van der Waals surface area contributed by atoms with Gasteiger partial charge < -0.3 is 10.6 Å². The van der Waals surface area contributed by atoms with E-state index in [4.69, 9.17) is 0 Å². The van der Waals surface area contributed by atoms with E-state index in [1.54, 1.807) is 0 Å². The summed E-state index contributed by atoms with van der Waals surface area (Å²) in [5.41, 5.74) is 2.65. The summed E-state index contributed by atoms with van der Waals surface area (Å²) in [6.07, 6.45) is 2.04. The topological polar surface area (TPSA) is 104 Å². The van der Waals surface area contributed by atoms with Gasteiger partial charge in [0.1, 0.15) is 0 Å². The van der Waals surface area contributed by atoms with Gasteiger partial charge in [0.2, 0.25) is 21.8 Å². The average Bonchev–Trinajstić information content (AvgIpc) is 3.32. The van der Waals surface area contributed by atoms with E-state index >= 15 is 0 Å². The summed E-state index contributed by atoms with van der Waals surface area (Å²) >= 11 is 1.53. The van der Waals surface area contributed by atoms with Crippen molar-refractivity contribution in [1.29, 1.82) is 0 Å². The van der Waals surface area contributed by atoms with Crippen LogP contribution >= 0.6 is 11.3 Å². The van der Waals surface area contributed by atoms with Crippen molar-refractivity contribution in [3.8, 4) is 0 Å². The van der Waals surface area contributed by atoms with Gasteiger partial charge in [-0.2, -0.15) is 4.72 Å². The van der Waals surface area contributed by atoms with E-state index in [-0.39, 0.29) is 16.8 Å². The van der Waals surface area contributed by atoms with Crippen molar-refractivity contribution in [2.45, 2.75) is 50.6 Å². The molecule has 0 fully saturated rings. The first kappa shape index (κ1) is 25.6. The SMILES string of the molecule is CCCc1ccc(C(NC(=O)[C@H](C)NS(=O)(=O)c2ccc(NC(C)=O)cc2)c2cccs2)cc1. The van der Waals surface area contributed by atoms with Crippen LogP contribution in [0.1, 0.15) is 49.2 Å². The number of thiophene rings is 1. The van der Waals surface area contributed by atoms with Crippen molar-refractivity contribution in [2.24, 2.45) is 0 Å². The van der Waals surface area contributed by atoms with Crippen LogP contribution in [-0.2, 0) is 26.0 Å². The molecule has 1 aromatic heterocycles. The molecule has 2 aromatic carbocycles. The van der Waals surface area contributed by atoms with Crippen LogP contribution in [0, 0.1) is 0 Å². The second-order valence-electron chi connectivity index (χ2n) is 8.00. The number of carbonyl (C=O) groups is 2. The summed E-state index contributed by atoms with van der Waals surface area (Å²) < 4.78 is 28.0. The third-order valence-electron chi connectivity index (χ3n) is 5.18. The molecule has 34 heavy (non-hydrogen) atoms. The van der Waals surface area contributed by atoms with Crippen LogP contribution < -0.4 is 15.4 Å². The standard InChI is InChI=1S/C25H29N3O4S2/c1-4-6-19-8-10-20(11-9-19)24(23-7-5-16-33-23)27-25(30)17(2)28-34(31,32)22-14-12-21(13-15-22)26-18(3)29/h5,7-17,24,28H,4,6H2,1-3H3,(H,26,29)(H,27,30)/t17-,24?/m0/s1. The lowest BCUT2D eigenvalue weighted by molar-refractivity contribution is -0.122. The molecule has 0 saturated heterocycles. The Kier molecular flexibility index (Phi) is 8.60. The zero-order valence-electron chi connectivity index (χ0n) is 19.4. The molecular weight excluding hydrogens is 470 g/mol. The minimum absolute atomic E-state index is 0.00238. The second-order valence-corrected chi connectivity index (χ2v) is 10.7. The maximum atomic E-state index is 13.0. The molecule has 0 aliphatic carbocycles. The highest BCUT2D eigenvalue weighted by Crippen LogP contribution is 2.27. The minimum atomic E-state index is -3.94. The molecule has 1 heterocycles. The predicted molar refractivity (Wildman–Crippen MR) is 135 cm³/mol. The Hall–Kier alpha value is -3.01. The van der Waals surface area contributed by atoms with Crippen molar-refractivity contribution in [3.63, 3.8) is 0 Å². The molecule has 3 aromatic rings. The number of amides is 2. The molecule has 0 spiro atoms. The molecule has 3 N–H and O–H groups in total. The van der Waals surface area contributed by atoms with Crippen LogP contribution in [0.25, 0.3) is 0 Å². The van der Waals surface area contributed by atoms with Gasteiger partial charge in [-0.1, -0.05) is 43.7 Å². The number of hydrogen-bond donors (Lipinski definition) is 3. The largest absolute Gasteiger partial charge is 0.343 e. The third-order valence-corrected chi connectivity index (χ3v) is 7.67. The molecule has 0 aliphatic heterocycles. The smallest absolute Gasteiger partial charge is 0.241 e. The van der Waals surface area contributed by atoms with Gasteiger partial charge in [-0.25, -0.2) is 8.42 Å². The van der Waals surface area contributed by atoms with Crippen LogP contribution in [0.2, 0.25) is 0 Å². The van der Waals surface area contributed by atoms with Crippen LogP contribution in [-0.4, -0.2) is 26.3 Å². The van der Waals surface area contributed by atoms with Crippen molar-refractivity contribution in [1.82, 2.24) is 10.0 Å². The Balaban J connectivity index is 1.73. The van der Waals surface area contributed by atoms with Crippen LogP contribution in [0.3, 0.4) is 0 Å². The van der Waals surface area contributed by atoms with Crippen molar-refractivity contribution in [2.75, 3.05) is 5.32 Å².